The summed E-state index contributed by atoms with van der Waals surface area (Å²) in [7, 11) is 0. The normalized spacial score (nSPS) is 11.9. The Morgan fingerprint density at radius 3 is 2.76 bits per heavy atom. The van der Waals surface area contributed by atoms with Crippen LogP contribution in [0.1, 0.15) is 26.7 Å². The van der Waals surface area contributed by atoms with Crippen LogP contribution in [0.3, 0.4) is 0 Å². The average Bonchev–Trinajstić information content (AvgIpc) is 2.32. The molecule has 0 spiro atoms. The molecule has 1 rings (SSSR count). The fraction of sp³-hybridized carbons (Fsp3) is 0.462. The highest BCUT2D eigenvalue weighted by Gasteiger charge is 2.17. The highest BCUT2D eigenvalue weighted by Crippen LogP contribution is 2.17. The lowest BCUT2D eigenvalue weighted by Crippen LogP contribution is -2.26. The number of carbonyl (C=O) groups is 1. The van der Waals surface area contributed by atoms with Crippen molar-refractivity contribution in [2.45, 2.75) is 32.8 Å². The summed E-state index contributed by atoms with van der Waals surface area (Å²) in [6.07, 6.45) is 0.970. The van der Waals surface area contributed by atoms with Gasteiger partial charge >= 0.3 is 5.97 Å². The van der Waals surface area contributed by atoms with E-state index in [9.17, 15) is 9.18 Å². The molecule has 1 aromatic rings. The monoisotopic (exact) mass is 240 g/mol. The van der Waals surface area contributed by atoms with Gasteiger partial charge in [-0.1, -0.05) is 25.5 Å². The Balaban J connectivity index is 2.46. The number of carbonyl (C=O) groups excluding carboxylic acids is 1. The molecule has 0 saturated heterocycles. The Labute approximate surface area is 101 Å². The Morgan fingerprint density at radius 2 is 2.12 bits per heavy atom. The number of unbranched alkanes of at least 4 members (excludes halogenated alkanes) is 1. The SMILES string of the molecule is CCCCOC(=O)C(C)Oc1ccccc1F. The third-order valence-corrected chi connectivity index (χ3v) is 2.21. The lowest BCUT2D eigenvalue weighted by molar-refractivity contribution is -0.151. The highest BCUT2D eigenvalue weighted by molar-refractivity contribution is 5.74. The molecule has 3 nitrogen and oxygen atoms in total. The second kappa shape index (κ2) is 6.89. The second-order valence-electron chi connectivity index (χ2n) is 3.71. The Kier molecular flexibility index (Phi) is 5.46. The zero-order valence-corrected chi connectivity index (χ0v) is 10.1. The molecule has 1 unspecified atom stereocenters. The molecule has 0 radical (unpaired) electrons. The van der Waals surface area contributed by atoms with Crippen molar-refractivity contribution >= 4 is 5.97 Å². The first-order chi connectivity index (χ1) is 8.15. The van der Waals surface area contributed by atoms with Gasteiger partial charge < -0.3 is 9.47 Å². The molecule has 0 bridgehead atoms. The molecule has 0 aliphatic rings. The molecule has 94 valence electrons. The zero-order chi connectivity index (χ0) is 12.7. The van der Waals surface area contributed by atoms with Crippen LogP contribution in [0.4, 0.5) is 4.39 Å². The quantitative estimate of drug-likeness (QED) is 0.566. The van der Waals surface area contributed by atoms with Crippen LogP contribution in [0.2, 0.25) is 0 Å². The summed E-state index contributed by atoms with van der Waals surface area (Å²) < 4.78 is 23.4. The van der Waals surface area contributed by atoms with Crippen LogP contribution in [0.15, 0.2) is 24.3 Å². The topological polar surface area (TPSA) is 35.5 Å². The van der Waals surface area contributed by atoms with Crippen molar-refractivity contribution in [3.63, 3.8) is 0 Å². The maximum Gasteiger partial charge on any atom is 0.347 e. The third-order valence-electron chi connectivity index (χ3n) is 2.21. The average molecular weight is 240 g/mol. The molecule has 0 N–H and O–H groups in total. The van der Waals surface area contributed by atoms with Gasteiger partial charge in [0.25, 0.3) is 0 Å². The third kappa shape index (κ3) is 4.43. The van der Waals surface area contributed by atoms with Crippen LogP contribution >= 0.6 is 0 Å². The first-order valence-electron chi connectivity index (χ1n) is 5.73. The van der Waals surface area contributed by atoms with Crippen LogP contribution in [0.25, 0.3) is 0 Å². The van der Waals surface area contributed by atoms with Gasteiger partial charge in [-0.05, 0) is 25.5 Å². The number of hydrogen-bond donors (Lipinski definition) is 0. The molecule has 0 aromatic heterocycles. The van der Waals surface area contributed by atoms with Crippen LogP contribution in [0, 0.1) is 5.82 Å². The lowest BCUT2D eigenvalue weighted by atomic mass is 10.3. The molecule has 0 amide bonds. The van der Waals surface area contributed by atoms with E-state index in [4.69, 9.17) is 9.47 Å². The number of halogens is 1. The molecule has 1 aromatic carbocycles. The molecule has 0 fully saturated rings. The van der Waals surface area contributed by atoms with Crippen molar-refractivity contribution in [1.29, 1.82) is 0 Å². The van der Waals surface area contributed by atoms with Crippen LogP contribution < -0.4 is 4.74 Å². The predicted molar refractivity (Wildman–Crippen MR) is 62.4 cm³/mol. The fourth-order valence-corrected chi connectivity index (χ4v) is 1.21. The standard InChI is InChI=1S/C13H17FO3/c1-3-4-9-16-13(15)10(2)17-12-8-6-5-7-11(12)14/h5-8,10H,3-4,9H2,1-2H3. The van der Waals surface area contributed by atoms with Crippen molar-refractivity contribution in [2.24, 2.45) is 0 Å². The molecule has 17 heavy (non-hydrogen) atoms. The van der Waals surface area contributed by atoms with Gasteiger partial charge in [-0.2, -0.15) is 0 Å². The van der Waals surface area contributed by atoms with Crippen molar-refractivity contribution in [1.82, 2.24) is 0 Å². The molecule has 0 heterocycles. The summed E-state index contributed by atoms with van der Waals surface area (Å²) >= 11 is 0. The van der Waals surface area contributed by atoms with Gasteiger partial charge in [0.1, 0.15) is 0 Å². The number of rotatable bonds is 6. The first-order valence-corrected chi connectivity index (χ1v) is 5.73. The van der Waals surface area contributed by atoms with Gasteiger partial charge in [0.15, 0.2) is 17.7 Å². The maximum atomic E-state index is 13.2. The van der Waals surface area contributed by atoms with E-state index in [0.29, 0.717) is 6.61 Å². The van der Waals surface area contributed by atoms with E-state index < -0.39 is 17.9 Å². The van der Waals surface area contributed by atoms with Crippen molar-refractivity contribution in [3.8, 4) is 5.75 Å². The van der Waals surface area contributed by atoms with Gasteiger partial charge in [0.05, 0.1) is 6.61 Å². The number of esters is 1. The number of hydrogen-bond acceptors (Lipinski definition) is 3. The van der Waals surface area contributed by atoms with E-state index in [1.54, 1.807) is 19.1 Å². The van der Waals surface area contributed by atoms with Crippen LogP contribution in [-0.4, -0.2) is 18.7 Å². The number of ether oxygens (including phenoxy) is 2. The van der Waals surface area contributed by atoms with Gasteiger partial charge in [-0.25, -0.2) is 9.18 Å². The Hall–Kier alpha value is -1.58. The molecule has 1 atom stereocenters. The maximum absolute atomic E-state index is 13.2. The van der Waals surface area contributed by atoms with Crippen molar-refractivity contribution < 1.29 is 18.7 Å². The molecular formula is C13H17FO3. The Morgan fingerprint density at radius 1 is 1.41 bits per heavy atom. The number of para-hydroxylation sites is 1. The smallest absolute Gasteiger partial charge is 0.347 e. The summed E-state index contributed by atoms with van der Waals surface area (Å²) in [6, 6.07) is 5.97. The van der Waals surface area contributed by atoms with E-state index in [1.165, 1.54) is 12.1 Å². The van der Waals surface area contributed by atoms with E-state index in [0.717, 1.165) is 12.8 Å². The van der Waals surface area contributed by atoms with E-state index in [-0.39, 0.29) is 5.75 Å². The van der Waals surface area contributed by atoms with Gasteiger partial charge in [0, 0.05) is 0 Å². The summed E-state index contributed by atoms with van der Waals surface area (Å²) in [4.78, 5) is 11.5. The largest absolute Gasteiger partial charge is 0.476 e. The minimum Gasteiger partial charge on any atom is -0.476 e. The van der Waals surface area contributed by atoms with Crippen LogP contribution in [-0.2, 0) is 9.53 Å². The van der Waals surface area contributed by atoms with Gasteiger partial charge in [-0.15, -0.1) is 0 Å². The zero-order valence-electron chi connectivity index (χ0n) is 10.1. The molecule has 4 heteroatoms. The number of benzene rings is 1. The summed E-state index contributed by atoms with van der Waals surface area (Å²) in [6.45, 7) is 3.92. The lowest BCUT2D eigenvalue weighted by Gasteiger charge is -2.14. The van der Waals surface area contributed by atoms with Crippen LogP contribution in [0.5, 0.6) is 5.75 Å². The second-order valence-corrected chi connectivity index (χ2v) is 3.71. The Bertz CT molecular complexity index is 365. The molecule has 0 saturated carbocycles. The van der Waals surface area contributed by atoms with E-state index in [2.05, 4.69) is 0 Å². The molecule has 0 aliphatic carbocycles. The van der Waals surface area contributed by atoms with Crippen molar-refractivity contribution in [3.05, 3.63) is 30.1 Å². The molecular weight excluding hydrogens is 223 g/mol. The minimum atomic E-state index is -0.802. The van der Waals surface area contributed by atoms with E-state index >= 15 is 0 Å². The summed E-state index contributed by atoms with van der Waals surface area (Å²) in [5.74, 6) is -0.894. The predicted octanol–water partition coefficient (Wildman–Crippen LogP) is 2.94. The van der Waals surface area contributed by atoms with Gasteiger partial charge in [-0.3, -0.25) is 0 Å². The summed E-state index contributed by atoms with van der Waals surface area (Å²) in [5.41, 5.74) is 0. The van der Waals surface area contributed by atoms with Crippen molar-refractivity contribution in [2.75, 3.05) is 6.61 Å². The molecule has 0 aliphatic heterocycles. The highest BCUT2D eigenvalue weighted by atomic mass is 19.1. The summed E-state index contributed by atoms with van der Waals surface area (Å²) in [5, 5.41) is 0. The first kappa shape index (κ1) is 13.5. The van der Waals surface area contributed by atoms with Gasteiger partial charge in [0.2, 0.25) is 0 Å². The minimum absolute atomic E-state index is 0.0624. The fourth-order valence-electron chi connectivity index (χ4n) is 1.21. The van der Waals surface area contributed by atoms with E-state index in [1.807, 2.05) is 6.92 Å².